The van der Waals surface area contributed by atoms with E-state index in [1.165, 1.54) is 38.5 Å². The van der Waals surface area contributed by atoms with Crippen molar-refractivity contribution in [1.29, 1.82) is 0 Å². The quantitative estimate of drug-likeness (QED) is 0.647. The molecule has 1 fully saturated rings. The first-order valence-electron chi connectivity index (χ1n) is 5.91. The van der Waals surface area contributed by atoms with Gasteiger partial charge in [-0.3, -0.25) is 0 Å². The van der Waals surface area contributed by atoms with Gasteiger partial charge in [0.25, 0.3) is 0 Å². The van der Waals surface area contributed by atoms with Crippen LogP contribution in [0.5, 0.6) is 0 Å². The van der Waals surface area contributed by atoms with Crippen LogP contribution in [-0.4, -0.2) is 13.2 Å². The second-order valence-electron chi connectivity index (χ2n) is 3.58. The predicted molar refractivity (Wildman–Crippen MR) is 59.0 cm³/mol. The highest BCUT2D eigenvalue weighted by Crippen LogP contribution is 2.28. The van der Waals surface area contributed by atoms with Gasteiger partial charge in [0.1, 0.15) is 0 Å². The topological polar surface area (TPSA) is 9.23 Å². The summed E-state index contributed by atoms with van der Waals surface area (Å²) in [5, 5.41) is 0. The second kappa shape index (κ2) is 8.55. The van der Waals surface area contributed by atoms with Gasteiger partial charge in [0, 0.05) is 7.11 Å². The van der Waals surface area contributed by atoms with Gasteiger partial charge in [-0.1, -0.05) is 40.0 Å². The molecule has 0 aromatic carbocycles. The summed E-state index contributed by atoms with van der Waals surface area (Å²) in [4.78, 5) is 0. The second-order valence-corrected chi connectivity index (χ2v) is 3.58. The van der Waals surface area contributed by atoms with Crippen LogP contribution in [0.25, 0.3) is 0 Å². The third-order valence-electron chi connectivity index (χ3n) is 2.88. The maximum absolute atomic E-state index is 5.44. The first-order valence-corrected chi connectivity index (χ1v) is 5.91. The fraction of sp³-hybridized carbons (Fsp3) is 1.00. The standard InChI is InChI=1S/C10H20O.C2H6/c1-3-10(11-2)9-7-5-4-6-8-9;1-2/h9-10H,3-8H2,1-2H3;1-2H3. The van der Waals surface area contributed by atoms with E-state index in [2.05, 4.69) is 6.92 Å². The van der Waals surface area contributed by atoms with Crippen LogP contribution in [0.15, 0.2) is 0 Å². The van der Waals surface area contributed by atoms with Crippen molar-refractivity contribution >= 4 is 0 Å². The van der Waals surface area contributed by atoms with Crippen molar-refractivity contribution in [2.24, 2.45) is 5.92 Å². The molecule has 13 heavy (non-hydrogen) atoms. The zero-order chi connectivity index (χ0) is 10.1. The monoisotopic (exact) mass is 186 g/mol. The van der Waals surface area contributed by atoms with Gasteiger partial charge in [-0.2, -0.15) is 0 Å². The van der Waals surface area contributed by atoms with E-state index in [0.29, 0.717) is 6.10 Å². The number of rotatable bonds is 3. The van der Waals surface area contributed by atoms with E-state index in [-0.39, 0.29) is 0 Å². The molecular weight excluding hydrogens is 160 g/mol. The molecule has 80 valence electrons. The van der Waals surface area contributed by atoms with Crippen molar-refractivity contribution in [2.45, 2.75) is 65.4 Å². The molecule has 0 amide bonds. The molecule has 0 radical (unpaired) electrons. The molecule has 1 unspecified atom stereocenters. The molecule has 1 aliphatic rings. The Balaban J connectivity index is 0.000000671. The number of methoxy groups -OCH3 is 1. The van der Waals surface area contributed by atoms with Crippen molar-refractivity contribution < 1.29 is 4.74 Å². The summed E-state index contributed by atoms with van der Waals surface area (Å²) in [5.74, 6) is 0.860. The summed E-state index contributed by atoms with van der Waals surface area (Å²) < 4.78 is 5.44. The van der Waals surface area contributed by atoms with E-state index < -0.39 is 0 Å². The number of hydrogen-bond acceptors (Lipinski definition) is 1. The summed E-state index contributed by atoms with van der Waals surface area (Å²) in [6.45, 7) is 6.22. The highest BCUT2D eigenvalue weighted by atomic mass is 16.5. The lowest BCUT2D eigenvalue weighted by Gasteiger charge is -2.28. The van der Waals surface area contributed by atoms with Crippen LogP contribution >= 0.6 is 0 Å². The van der Waals surface area contributed by atoms with Crippen LogP contribution in [0.4, 0.5) is 0 Å². The third-order valence-corrected chi connectivity index (χ3v) is 2.88. The van der Waals surface area contributed by atoms with E-state index in [0.717, 1.165) is 5.92 Å². The first kappa shape index (κ1) is 13.0. The van der Waals surface area contributed by atoms with Gasteiger partial charge in [0.15, 0.2) is 0 Å². The van der Waals surface area contributed by atoms with Crippen LogP contribution in [-0.2, 0) is 4.74 Å². The maximum atomic E-state index is 5.44. The van der Waals surface area contributed by atoms with Crippen LogP contribution in [0.3, 0.4) is 0 Å². The lowest BCUT2D eigenvalue weighted by atomic mass is 9.84. The molecule has 0 spiro atoms. The van der Waals surface area contributed by atoms with Gasteiger partial charge < -0.3 is 4.74 Å². The molecular formula is C12H26O. The summed E-state index contributed by atoms with van der Waals surface area (Å²) in [7, 11) is 1.85. The van der Waals surface area contributed by atoms with E-state index in [4.69, 9.17) is 4.74 Å². The van der Waals surface area contributed by atoms with Gasteiger partial charge >= 0.3 is 0 Å². The maximum Gasteiger partial charge on any atom is 0.0596 e. The fourth-order valence-corrected chi connectivity index (χ4v) is 2.20. The smallest absolute Gasteiger partial charge is 0.0596 e. The number of hydrogen-bond donors (Lipinski definition) is 0. The summed E-state index contributed by atoms with van der Waals surface area (Å²) in [6.07, 6.45) is 8.79. The van der Waals surface area contributed by atoms with Gasteiger partial charge in [0.05, 0.1) is 6.10 Å². The fourth-order valence-electron chi connectivity index (χ4n) is 2.20. The molecule has 1 rings (SSSR count). The Labute approximate surface area is 83.9 Å². The lowest BCUT2D eigenvalue weighted by molar-refractivity contribution is 0.0340. The van der Waals surface area contributed by atoms with Crippen molar-refractivity contribution in [2.75, 3.05) is 7.11 Å². The van der Waals surface area contributed by atoms with Gasteiger partial charge in [-0.15, -0.1) is 0 Å². The van der Waals surface area contributed by atoms with Crippen LogP contribution in [0.2, 0.25) is 0 Å². The molecule has 0 saturated heterocycles. The van der Waals surface area contributed by atoms with E-state index in [9.17, 15) is 0 Å². The first-order chi connectivity index (χ1) is 6.38. The van der Waals surface area contributed by atoms with Crippen LogP contribution in [0.1, 0.15) is 59.3 Å². The molecule has 0 aliphatic heterocycles. The molecule has 0 aromatic rings. The van der Waals surface area contributed by atoms with Crippen molar-refractivity contribution in [3.05, 3.63) is 0 Å². The Morgan fingerprint density at radius 3 is 2.08 bits per heavy atom. The highest BCUT2D eigenvalue weighted by Gasteiger charge is 2.21. The van der Waals surface area contributed by atoms with Crippen LogP contribution < -0.4 is 0 Å². The molecule has 0 heterocycles. The Morgan fingerprint density at radius 2 is 1.69 bits per heavy atom. The summed E-state index contributed by atoms with van der Waals surface area (Å²) in [6, 6.07) is 0. The average Bonchev–Trinajstić information content (AvgIpc) is 2.24. The minimum Gasteiger partial charge on any atom is -0.381 e. The van der Waals surface area contributed by atoms with E-state index in [1.54, 1.807) is 0 Å². The minimum absolute atomic E-state index is 0.537. The van der Waals surface area contributed by atoms with E-state index >= 15 is 0 Å². The lowest BCUT2D eigenvalue weighted by Crippen LogP contribution is -2.24. The molecule has 1 heteroatoms. The molecule has 1 nitrogen and oxygen atoms in total. The molecule has 0 N–H and O–H groups in total. The Kier molecular flexibility index (Phi) is 8.53. The average molecular weight is 186 g/mol. The molecule has 1 atom stereocenters. The SMILES string of the molecule is CC.CCC(OC)C1CCCCC1. The van der Waals surface area contributed by atoms with Crippen molar-refractivity contribution in [3.8, 4) is 0 Å². The molecule has 1 aliphatic carbocycles. The Morgan fingerprint density at radius 1 is 1.15 bits per heavy atom. The van der Waals surface area contributed by atoms with Gasteiger partial charge in [-0.25, -0.2) is 0 Å². The van der Waals surface area contributed by atoms with Gasteiger partial charge in [0.2, 0.25) is 0 Å². The van der Waals surface area contributed by atoms with Gasteiger partial charge in [-0.05, 0) is 25.2 Å². The molecule has 1 saturated carbocycles. The zero-order valence-electron chi connectivity index (χ0n) is 9.81. The molecule has 0 bridgehead atoms. The Bertz CT molecular complexity index is 91.3. The highest BCUT2D eigenvalue weighted by molar-refractivity contribution is 4.72. The van der Waals surface area contributed by atoms with Crippen LogP contribution in [0, 0.1) is 5.92 Å². The molecule has 0 aromatic heterocycles. The summed E-state index contributed by atoms with van der Waals surface area (Å²) >= 11 is 0. The van der Waals surface area contributed by atoms with Crippen molar-refractivity contribution in [1.82, 2.24) is 0 Å². The van der Waals surface area contributed by atoms with E-state index in [1.807, 2.05) is 21.0 Å². The Hall–Kier alpha value is -0.0400. The minimum atomic E-state index is 0.537. The van der Waals surface area contributed by atoms with Crippen molar-refractivity contribution in [3.63, 3.8) is 0 Å². The summed E-state index contributed by atoms with van der Waals surface area (Å²) in [5.41, 5.74) is 0. The largest absolute Gasteiger partial charge is 0.381 e. The predicted octanol–water partition coefficient (Wildman–Crippen LogP) is 4.02. The normalized spacial score (nSPS) is 20.3. The third kappa shape index (κ3) is 4.66. The zero-order valence-corrected chi connectivity index (χ0v) is 9.81. The number of ether oxygens (including phenoxy) is 1.